The SMILES string of the molecule is Fc1ccc(C#Cc2ccc(C(F)(F)F)cc2)c(F)c1F. The molecular weight excluding hydrogens is 294 g/mol. The molecule has 0 aromatic heterocycles. The van der Waals surface area contributed by atoms with E-state index in [-0.39, 0.29) is 11.1 Å². The lowest BCUT2D eigenvalue weighted by Gasteiger charge is -2.05. The van der Waals surface area contributed by atoms with Crippen LogP contribution >= 0.6 is 0 Å². The van der Waals surface area contributed by atoms with Gasteiger partial charge in [-0.3, -0.25) is 0 Å². The van der Waals surface area contributed by atoms with Crippen molar-refractivity contribution in [2.45, 2.75) is 6.18 Å². The Kier molecular flexibility index (Phi) is 3.94. The molecule has 0 amide bonds. The predicted octanol–water partition coefficient (Wildman–Crippen LogP) is 4.52. The molecule has 2 aromatic rings. The van der Waals surface area contributed by atoms with Gasteiger partial charge in [0.05, 0.1) is 11.1 Å². The van der Waals surface area contributed by atoms with E-state index in [2.05, 4.69) is 11.8 Å². The lowest BCUT2D eigenvalue weighted by atomic mass is 10.1. The summed E-state index contributed by atoms with van der Waals surface area (Å²) in [5.41, 5.74) is -1.03. The van der Waals surface area contributed by atoms with Gasteiger partial charge in [0.2, 0.25) is 0 Å². The van der Waals surface area contributed by atoms with Gasteiger partial charge < -0.3 is 0 Å². The topological polar surface area (TPSA) is 0 Å². The number of alkyl halides is 3. The molecule has 2 aromatic carbocycles. The molecule has 0 N–H and O–H groups in total. The molecule has 0 nitrogen and oxygen atoms in total. The van der Waals surface area contributed by atoms with Crippen molar-refractivity contribution in [3.05, 3.63) is 70.5 Å². The normalized spacial score (nSPS) is 11.0. The van der Waals surface area contributed by atoms with E-state index in [9.17, 15) is 26.3 Å². The van der Waals surface area contributed by atoms with E-state index < -0.39 is 29.2 Å². The molecule has 21 heavy (non-hydrogen) atoms. The van der Waals surface area contributed by atoms with E-state index in [0.717, 1.165) is 36.4 Å². The second-order valence-corrected chi connectivity index (χ2v) is 4.05. The fourth-order valence-corrected chi connectivity index (χ4v) is 1.50. The summed E-state index contributed by atoms with van der Waals surface area (Å²) in [4.78, 5) is 0. The van der Waals surface area contributed by atoms with E-state index in [4.69, 9.17) is 0 Å². The Labute approximate surface area is 116 Å². The molecular formula is C15H6F6. The highest BCUT2D eigenvalue weighted by atomic mass is 19.4. The Bertz CT molecular complexity index is 717. The van der Waals surface area contributed by atoms with Gasteiger partial charge in [-0.25, -0.2) is 13.2 Å². The average molecular weight is 300 g/mol. The Morgan fingerprint density at radius 1 is 0.714 bits per heavy atom. The van der Waals surface area contributed by atoms with Gasteiger partial charge in [0, 0.05) is 5.56 Å². The van der Waals surface area contributed by atoms with Crippen LogP contribution in [0.5, 0.6) is 0 Å². The Balaban J connectivity index is 2.30. The van der Waals surface area contributed by atoms with E-state index in [1.807, 2.05) is 0 Å². The van der Waals surface area contributed by atoms with Crippen LogP contribution in [0, 0.1) is 29.3 Å². The molecule has 0 spiro atoms. The van der Waals surface area contributed by atoms with Gasteiger partial charge in [0.25, 0.3) is 0 Å². The maximum atomic E-state index is 13.3. The van der Waals surface area contributed by atoms with Crippen LogP contribution < -0.4 is 0 Å². The molecule has 0 bridgehead atoms. The summed E-state index contributed by atoms with van der Waals surface area (Å²) in [6.45, 7) is 0. The minimum atomic E-state index is -4.46. The molecule has 6 heteroatoms. The molecule has 2 rings (SSSR count). The van der Waals surface area contributed by atoms with Gasteiger partial charge in [-0.15, -0.1) is 0 Å². The van der Waals surface area contributed by atoms with Crippen LogP contribution in [0.3, 0.4) is 0 Å². The minimum Gasteiger partial charge on any atom is -0.204 e. The summed E-state index contributed by atoms with van der Waals surface area (Å²) < 4.78 is 76.0. The number of rotatable bonds is 0. The highest BCUT2D eigenvalue weighted by molar-refractivity contribution is 5.44. The third-order valence-electron chi connectivity index (χ3n) is 2.59. The van der Waals surface area contributed by atoms with Crippen LogP contribution in [0.4, 0.5) is 26.3 Å². The van der Waals surface area contributed by atoms with Crippen molar-refractivity contribution >= 4 is 0 Å². The number of hydrogen-bond donors (Lipinski definition) is 0. The molecule has 0 unspecified atom stereocenters. The second kappa shape index (κ2) is 5.52. The molecule has 0 aliphatic carbocycles. The summed E-state index contributed by atoms with van der Waals surface area (Å²) in [5.74, 6) is 0.203. The van der Waals surface area contributed by atoms with Crippen LogP contribution in [0.1, 0.15) is 16.7 Å². The molecule has 0 aliphatic heterocycles. The zero-order chi connectivity index (χ0) is 15.6. The van der Waals surface area contributed by atoms with Crippen molar-refractivity contribution in [1.29, 1.82) is 0 Å². The van der Waals surface area contributed by atoms with Crippen LogP contribution in [0.2, 0.25) is 0 Å². The molecule has 0 radical (unpaired) electrons. The van der Waals surface area contributed by atoms with Gasteiger partial charge >= 0.3 is 6.18 Å². The first-order valence-electron chi connectivity index (χ1n) is 5.62. The summed E-state index contributed by atoms with van der Waals surface area (Å²) in [6.07, 6.45) is -4.46. The Morgan fingerprint density at radius 2 is 1.33 bits per heavy atom. The molecule has 0 saturated carbocycles. The predicted molar refractivity (Wildman–Crippen MR) is 63.7 cm³/mol. The van der Waals surface area contributed by atoms with Crippen molar-refractivity contribution < 1.29 is 26.3 Å². The Hall–Kier alpha value is -2.42. The van der Waals surface area contributed by atoms with Gasteiger partial charge in [-0.2, -0.15) is 13.2 Å². The average Bonchev–Trinajstić information content (AvgIpc) is 2.43. The highest BCUT2D eigenvalue weighted by Crippen LogP contribution is 2.28. The summed E-state index contributed by atoms with van der Waals surface area (Å²) in [5, 5.41) is 0. The molecule has 0 atom stereocenters. The van der Waals surface area contributed by atoms with E-state index in [1.54, 1.807) is 0 Å². The van der Waals surface area contributed by atoms with Gasteiger partial charge in [-0.1, -0.05) is 11.8 Å². The first-order valence-corrected chi connectivity index (χ1v) is 5.62. The first-order chi connectivity index (χ1) is 9.79. The van der Waals surface area contributed by atoms with Gasteiger partial charge in [-0.05, 0) is 36.4 Å². The van der Waals surface area contributed by atoms with Crippen LogP contribution in [-0.2, 0) is 6.18 Å². The molecule has 0 heterocycles. The number of halogens is 6. The third kappa shape index (κ3) is 3.37. The Morgan fingerprint density at radius 3 is 1.90 bits per heavy atom. The highest BCUT2D eigenvalue weighted by Gasteiger charge is 2.29. The van der Waals surface area contributed by atoms with Crippen LogP contribution in [-0.4, -0.2) is 0 Å². The van der Waals surface area contributed by atoms with Crippen LogP contribution in [0.25, 0.3) is 0 Å². The van der Waals surface area contributed by atoms with Crippen molar-refractivity contribution in [2.24, 2.45) is 0 Å². The zero-order valence-electron chi connectivity index (χ0n) is 10.2. The minimum absolute atomic E-state index is 0.187. The van der Waals surface area contributed by atoms with Crippen molar-refractivity contribution in [1.82, 2.24) is 0 Å². The van der Waals surface area contributed by atoms with Crippen molar-refractivity contribution in [2.75, 3.05) is 0 Å². The zero-order valence-corrected chi connectivity index (χ0v) is 10.2. The number of benzene rings is 2. The first kappa shape index (κ1) is 15.0. The number of hydrogen-bond acceptors (Lipinski definition) is 0. The molecule has 108 valence electrons. The second-order valence-electron chi connectivity index (χ2n) is 4.05. The molecule has 0 saturated heterocycles. The lowest BCUT2D eigenvalue weighted by molar-refractivity contribution is -0.137. The molecule has 0 fully saturated rings. The standard InChI is InChI=1S/C15H6F6/c16-12-8-5-10(13(17)14(12)18)4-1-9-2-6-11(7-3-9)15(19,20)21/h2-3,5-8H. The monoisotopic (exact) mass is 300 g/mol. The lowest BCUT2D eigenvalue weighted by Crippen LogP contribution is -2.04. The molecule has 0 aliphatic rings. The summed E-state index contributed by atoms with van der Waals surface area (Å²) in [6, 6.07) is 5.53. The smallest absolute Gasteiger partial charge is 0.204 e. The quantitative estimate of drug-likeness (QED) is 0.381. The van der Waals surface area contributed by atoms with Gasteiger partial charge in [0.1, 0.15) is 0 Å². The third-order valence-corrected chi connectivity index (χ3v) is 2.59. The van der Waals surface area contributed by atoms with Crippen molar-refractivity contribution in [3.8, 4) is 11.8 Å². The maximum absolute atomic E-state index is 13.3. The largest absolute Gasteiger partial charge is 0.416 e. The van der Waals surface area contributed by atoms with Crippen LogP contribution in [0.15, 0.2) is 36.4 Å². The summed E-state index contributed by atoms with van der Waals surface area (Å²) in [7, 11) is 0. The fourth-order valence-electron chi connectivity index (χ4n) is 1.50. The summed E-state index contributed by atoms with van der Waals surface area (Å²) >= 11 is 0. The van der Waals surface area contributed by atoms with E-state index >= 15 is 0 Å². The van der Waals surface area contributed by atoms with E-state index in [0.29, 0.717) is 0 Å². The van der Waals surface area contributed by atoms with Crippen molar-refractivity contribution in [3.63, 3.8) is 0 Å². The van der Waals surface area contributed by atoms with Gasteiger partial charge in [0.15, 0.2) is 17.5 Å². The van der Waals surface area contributed by atoms with E-state index in [1.165, 1.54) is 0 Å². The maximum Gasteiger partial charge on any atom is 0.416 e. The fraction of sp³-hybridized carbons (Fsp3) is 0.0667.